The van der Waals surface area contributed by atoms with E-state index < -0.39 is 0 Å². The molecule has 0 spiro atoms. The Kier molecular flexibility index (Phi) is 4.54. The summed E-state index contributed by atoms with van der Waals surface area (Å²) in [4.78, 5) is 18.2. The fourth-order valence-corrected chi connectivity index (χ4v) is 3.74. The molecule has 1 aliphatic carbocycles. The van der Waals surface area contributed by atoms with E-state index in [1.165, 1.54) is 35.2 Å². The molecule has 1 saturated carbocycles. The van der Waals surface area contributed by atoms with E-state index in [0.29, 0.717) is 17.5 Å². The number of nitrogens with zero attached hydrogens (tertiary/aromatic N) is 2. The molecule has 0 radical (unpaired) electrons. The molecule has 0 aliphatic heterocycles. The fourth-order valence-electron chi connectivity index (χ4n) is 2.27. The number of thiophene rings is 1. The summed E-state index contributed by atoms with van der Waals surface area (Å²) in [5.41, 5.74) is 0.667. The number of benzene rings is 1. The second-order valence-electron chi connectivity index (χ2n) is 5.69. The number of amides is 1. The lowest BCUT2D eigenvalue weighted by molar-refractivity contribution is -0.113. The summed E-state index contributed by atoms with van der Waals surface area (Å²) in [7, 11) is 0. The van der Waals surface area contributed by atoms with Gasteiger partial charge in [0.2, 0.25) is 5.91 Å². The van der Waals surface area contributed by atoms with Crippen molar-refractivity contribution >= 4 is 34.7 Å². The average molecular weight is 375 g/mol. The molecule has 0 bridgehead atoms. The highest BCUT2D eigenvalue weighted by molar-refractivity contribution is 8.00. The van der Waals surface area contributed by atoms with Crippen LogP contribution in [0.4, 0.5) is 10.1 Å². The highest BCUT2D eigenvalue weighted by Crippen LogP contribution is 2.40. The van der Waals surface area contributed by atoms with Crippen molar-refractivity contribution in [3.8, 4) is 10.8 Å². The second kappa shape index (κ2) is 6.97. The molecule has 128 valence electrons. The number of carbonyl (C=O) groups is 1. The maximum absolute atomic E-state index is 12.9. The zero-order valence-corrected chi connectivity index (χ0v) is 14.7. The molecule has 1 aliphatic rings. The van der Waals surface area contributed by atoms with Crippen LogP contribution in [0.1, 0.15) is 24.6 Å². The Morgan fingerprint density at radius 3 is 2.88 bits per heavy atom. The van der Waals surface area contributed by atoms with Crippen LogP contribution in [-0.4, -0.2) is 21.8 Å². The minimum Gasteiger partial charge on any atom is -0.333 e. The Bertz CT molecular complexity index is 887. The minimum atomic E-state index is -0.290. The molecule has 2 heterocycles. The first kappa shape index (κ1) is 16.3. The van der Waals surface area contributed by atoms with Crippen LogP contribution >= 0.6 is 23.1 Å². The van der Waals surface area contributed by atoms with Crippen LogP contribution in [0.15, 0.2) is 45.1 Å². The monoisotopic (exact) mass is 375 g/mol. The van der Waals surface area contributed by atoms with Crippen LogP contribution in [-0.2, 0) is 4.79 Å². The molecule has 4 rings (SSSR count). The molecule has 1 N–H and O–H groups in total. The SMILES string of the molecule is O=C(CSc1ccc(F)cc1)Nc1ccsc1-c1nc(C2CC2)no1. The lowest BCUT2D eigenvalue weighted by atomic mass is 10.3. The maximum Gasteiger partial charge on any atom is 0.270 e. The second-order valence-corrected chi connectivity index (χ2v) is 7.65. The van der Waals surface area contributed by atoms with E-state index in [9.17, 15) is 9.18 Å². The van der Waals surface area contributed by atoms with Crippen LogP contribution in [0.2, 0.25) is 0 Å². The Morgan fingerprint density at radius 1 is 1.32 bits per heavy atom. The number of hydrogen-bond donors (Lipinski definition) is 1. The van der Waals surface area contributed by atoms with E-state index in [2.05, 4.69) is 15.5 Å². The van der Waals surface area contributed by atoms with Crippen molar-refractivity contribution in [1.82, 2.24) is 10.1 Å². The number of carbonyl (C=O) groups excluding carboxylic acids is 1. The zero-order valence-electron chi connectivity index (χ0n) is 13.1. The topological polar surface area (TPSA) is 68.0 Å². The van der Waals surface area contributed by atoms with Gasteiger partial charge in [0.05, 0.1) is 11.4 Å². The molecule has 2 aromatic heterocycles. The summed E-state index contributed by atoms with van der Waals surface area (Å²) < 4.78 is 18.2. The fraction of sp³-hybridized carbons (Fsp3) is 0.235. The van der Waals surface area contributed by atoms with E-state index in [1.54, 1.807) is 12.1 Å². The number of thioether (sulfide) groups is 1. The quantitative estimate of drug-likeness (QED) is 0.641. The first-order chi connectivity index (χ1) is 12.2. The van der Waals surface area contributed by atoms with Gasteiger partial charge in [-0.1, -0.05) is 5.16 Å². The number of halogens is 1. The summed E-state index contributed by atoms with van der Waals surface area (Å²) >= 11 is 2.80. The lowest BCUT2D eigenvalue weighted by Gasteiger charge is -2.05. The Balaban J connectivity index is 1.39. The molecule has 1 aromatic carbocycles. The highest BCUT2D eigenvalue weighted by atomic mass is 32.2. The first-order valence-electron chi connectivity index (χ1n) is 7.79. The predicted octanol–water partition coefficient (Wildman–Crippen LogP) is 4.55. The van der Waals surface area contributed by atoms with E-state index in [4.69, 9.17) is 4.52 Å². The molecule has 8 heteroatoms. The summed E-state index contributed by atoms with van der Waals surface area (Å²) in [6.07, 6.45) is 2.21. The van der Waals surface area contributed by atoms with E-state index in [0.717, 1.165) is 28.4 Å². The molecule has 0 saturated heterocycles. The molecular weight excluding hydrogens is 361 g/mol. The van der Waals surface area contributed by atoms with Gasteiger partial charge in [-0.05, 0) is 48.6 Å². The van der Waals surface area contributed by atoms with Gasteiger partial charge < -0.3 is 9.84 Å². The van der Waals surface area contributed by atoms with Crippen molar-refractivity contribution in [3.63, 3.8) is 0 Å². The van der Waals surface area contributed by atoms with E-state index >= 15 is 0 Å². The third-order valence-electron chi connectivity index (χ3n) is 3.70. The molecule has 1 fully saturated rings. The van der Waals surface area contributed by atoms with Gasteiger partial charge in [-0.15, -0.1) is 23.1 Å². The van der Waals surface area contributed by atoms with Crippen LogP contribution in [0.5, 0.6) is 0 Å². The molecule has 3 aromatic rings. The Hall–Kier alpha value is -2.19. The minimum absolute atomic E-state index is 0.143. The smallest absolute Gasteiger partial charge is 0.270 e. The highest BCUT2D eigenvalue weighted by Gasteiger charge is 2.29. The van der Waals surface area contributed by atoms with Gasteiger partial charge >= 0.3 is 0 Å². The summed E-state index contributed by atoms with van der Waals surface area (Å²) in [6, 6.07) is 7.89. The van der Waals surface area contributed by atoms with Gasteiger partial charge in [-0.3, -0.25) is 4.79 Å². The first-order valence-corrected chi connectivity index (χ1v) is 9.65. The normalized spacial score (nSPS) is 13.8. The summed E-state index contributed by atoms with van der Waals surface area (Å²) in [5, 5.41) is 8.76. The van der Waals surface area contributed by atoms with Crippen molar-refractivity contribution in [1.29, 1.82) is 0 Å². The molecule has 0 unspecified atom stereocenters. The molecule has 25 heavy (non-hydrogen) atoms. The summed E-state index contributed by atoms with van der Waals surface area (Å²) in [5.74, 6) is 1.41. The number of hydrogen-bond acceptors (Lipinski definition) is 6. The van der Waals surface area contributed by atoms with Gasteiger partial charge in [0.25, 0.3) is 5.89 Å². The van der Waals surface area contributed by atoms with Crippen molar-refractivity contribution in [2.24, 2.45) is 0 Å². The lowest BCUT2D eigenvalue weighted by Crippen LogP contribution is -2.13. The molecule has 0 atom stereocenters. The van der Waals surface area contributed by atoms with Crippen molar-refractivity contribution < 1.29 is 13.7 Å². The molecular formula is C17H14FN3O2S2. The van der Waals surface area contributed by atoms with Crippen LogP contribution in [0.25, 0.3) is 10.8 Å². The van der Waals surface area contributed by atoms with Gasteiger partial charge in [0.15, 0.2) is 5.82 Å². The van der Waals surface area contributed by atoms with Gasteiger partial charge in [-0.25, -0.2) is 4.39 Å². The Labute approximate surface area is 151 Å². The third-order valence-corrected chi connectivity index (χ3v) is 5.62. The van der Waals surface area contributed by atoms with Gasteiger partial charge in [0, 0.05) is 10.8 Å². The maximum atomic E-state index is 12.9. The zero-order chi connectivity index (χ0) is 17.2. The molecule has 1 amide bonds. The summed E-state index contributed by atoms with van der Waals surface area (Å²) in [6.45, 7) is 0. The Morgan fingerprint density at radius 2 is 2.12 bits per heavy atom. The van der Waals surface area contributed by atoms with Crippen LogP contribution < -0.4 is 5.32 Å². The van der Waals surface area contributed by atoms with Crippen LogP contribution in [0.3, 0.4) is 0 Å². The largest absolute Gasteiger partial charge is 0.333 e. The van der Waals surface area contributed by atoms with Crippen molar-refractivity contribution in [2.75, 3.05) is 11.1 Å². The van der Waals surface area contributed by atoms with E-state index in [-0.39, 0.29) is 17.5 Å². The standard InChI is InChI=1S/C17H14FN3O2S2/c18-11-3-5-12(6-4-11)25-9-14(22)19-13-7-8-24-15(13)17-20-16(21-23-17)10-1-2-10/h3-8,10H,1-2,9H2,(H,19,22). The van der Waals surface area contributed by atoms with Crippen molar-refractivity contribution in [2.45, 2.75) is 23.7 Å². The van der Waals surface area contributed by atoms with Gasteiger partial charge in [-0.2, -0.15) is 4.98 Å². The predicted molar refractivity (Wildman–Crippen MR) is 95.3 cm³/mol. The number of rotatable bonds is 6. The number of aromatic nitrogens is 2. The third kappa shape index (κ3) is 3.91. The number of nitrogens with one attached hydrogen (secondary N) is 1. The van der Waals surface area contributed by atoms with Gasteiger partial charge in [0.1, 0.15) is 10.7 Å². The molecule has 5 nitrogen and oxygen atoms in total. The van der Waals surface area contributed by atoms with Crippen LogP contribution in [0, 0.1) is 5.82 Å². The number of anilines is 1. The van der Waals surface area contributed by atoms with Crippen molar-refractivity contribution in [3.05, 3.63) is 47.4 Å². The average Bonchev–Trinajstić information content (AvgIpc) is 3.16. The van der Waals surface area contributed by atoms with E-state index in [1.807, 2.05) is 11.4 Å².